The molecule has 0 unspecified atom stereocenters. The van der Waals surface area contributed by atoms with Gasteiger partial charge in [-0.1, -0.05) is 0 Å². The van der Waals surface area contributed by atoms with Gasteiger partial charge in [0.05, 0.1) is 0 Å². The molecule has 2 aliphatic heterocycles. The van der Waals surface area contributed by atoms with E-state index in [-0.39, 0.29) is 5.91 Å². The summed E-state index contributed by atoms with van der Waals surface area (Å²) in [7, 11) is 0. The Morgan fingerprint density at radius 1 is 1.25 bits per heavy atom. The molecular formula is C9H15NO2. The summed E-state index contributed by atoms with van der Waals surface area (Å²) in [5.41, 5.74) is 0. The van der Waals surface area contributed by atoms with E-state index in [1.54, 1.807) is 0 Å². The Morgan fingerprint density at radius 3 is 2.58 bits per heavy atom. The molecule has 0 aromatic heterocycles. The molecule has 3 nitrogen and oxygen atoms in total. The summed E-state index contributed by atoms with van der Waals surface area (Å²) in [4.78, 5) is 11.0. The fraction of sp³-hybridized carbons (Fsp3) is 0.889. The van der Waals surface area contributed by atoms with Gasteiger partial charge in [0, 0.05) is 26.2 Å². The number of amides is 1. The van der Waals surface area contributed by atoms with Crippen molar-refractivity contribution in [3.05, 3.63) is 0 Å². The third-order valence-corrected chi connectivity index (χ3v) is 2.94. The minimum atomic E-state index is 0.228. The number of carbonyl (C=O) groups is 1. The molecule has 1 atom stereocenters. The summed E-state index contributed by atoms with van der Waals surface area (Å²) in [6.45, 7) is 2.66. The van der Waals surface area contributed by atoms with Crippen molar-refractivity contribution in [2.24, 2.45) is 11.8 Å². The first-order valence-corrected chi connectivity index (χ1v) is 4.70. The quantitative estimate of drug-likeness (QED) is 0.622. The maximum Gasteiger partial charge on any atom is 0.220 e. The second-order valence-corrected chi connectivity index (χ2v) is 3.72. The van der Waals surface area contributed by atoms with Crippen molar-refractivity contribution in [1.29, 1.82) is 0 Å². The molecule has 0 aromatic rings. The van der Waals surface area contributed by atoms with Gasteiger partial charge in [0.25, 0.3) is 0 Å². The van der Waals surface area contributed by atoms with Crippen LogP contribution in [0.5, 0.6) is 0 Å². The highest BCUT2D eigenvalue weighted by molar-refractivity contribution is 5.78. The first-order valence-electron chi connectivity index (χ1n) is 4.70. The number of hydrogen-bond acceptors (Lipinski definition) is 2. The first-order chi connectivity index (χ1) is 5.86. The van der Waals surface area contributed by atoms with Crippen LogP contribution in [0.3, 0.4) is 0 Å². The SMILES string of the molecule is O=C1C[C@H](C2CCOCC2)CN1. The average Bonchev–Trinajstić information content (AvgIpc) is 2.54. The molecule has 68 valence electrons. The molecule has 0 aliphatic carbocycles. The van der Waals surface area contributed by atoms with Crippen LogP contribution in [-0.2, 0) is 9.53 Å². The second kappa shape index (κ2) is 3.44. The fourth-order valence-corrected chi connectivity index (χ4v) is 2.15. The molecule has 2 heterocycles. The van der Waals surface area contributed by atoms with Crippen molar-refractivity contribution in [3.8, 4) is 0 Å². The van der Waals surface area contributed by atoms with Gasteiger partial charge in [-0.25, -0.2) is 0 Å². The molecule has 2 aliphatic rings. The van der Waals surface area contributed by atoms with Gasteiger partial charge in [-0.05, 0) is 24.7 Å². The van der Waals surface area contributed by atoms with Crippen molar-refractivity contribution in [3.63, 3.8) is 0 Å². The van der Waals surface area contributed by atoms with Gasteiger partial charge < -0.3 is 10.1 Å². The molecule has 1 N–H and O–H groups in total. The number of hydrogen-bond donors (Lipinski definition) is 1. The number of rotatable bonds is 1. The van der Waals surface area contributed by atoms with E-state index in [0.717, 1.165) is 44.9 Å². The minimum Gasteiger partial charge on any atom is -0.381 e. The van der Waals surface area contributed by atoms with E-state index in [2.05, 4.69) is 5.32 Å². The van der Waals surface area contributed by atoms with Gasteiger partial charge in [0.2, 0.25) is 5.91 Å². The molecule has 1 amide bonds. The van der Waals surface area contributed by atoms with Crippen molar-refractivity contribution >= 4 is 5.91 Å². The second-order valence-electron chi connectivity index (χ2n) is 3.72. The summed E-state index contributed by atoms with van der Waals surface area (Å²) in [5, 5.41) is 2.89. The van der Waals surface area contributed by atoms with Crippen LogP contribution in [0.25, 0.3) is 0 Å². The van der Waals surface area contributed by atoms with E-state index < -0.39 is 0 Å². The Labute approximate surface area is 72.5 Å². The van der Waals surface area contributed by atoms with Crippen molar-refractivity contribution in [1.82, 2.24) is 5.32 Å². The third-order valence-electron chi connectivity index (χ3n) is 2.94. The van der Waals surface area contributed by atoms with E-state index in [1.807, 2.05) is 0 Å². The highest BCUT2D eigenvalue weighted by Gasteiger charge is 2.30. The zero-order chi connectivity index (χ0) is 8.39. The largest absolute Gasteiger partial charge is 0.381 e. The molecule has 0 aromatic carbocycles. The maximum absolute atomic E-state index is 11.0. The number of ether oxygens (including phenoxy) is 1. The lowest BCUT2D eigenvalue weighted by Gasteiger charge is -2.26. The van der Waals surface area contributed by atoms with Crippen molar-refractivity contribution in [2.45, 2.75) is 19.3 Å². The maximum atomic E-state index is 11.0. The van der Waals surface area contributed by atoms with E-state index in [1.165, 1.54) is 0 Å². The van der Waals surface area contributed by atoms with Gasteiger partial charge in [-0.2, -0.15) is 0 Å². The summed E-state index contributed by atoms with van der Waals surface area (Å²) >= 11 is 0. The Morgan fingerprint density at radius 2 is 2.00 bits per heavy atom. The summed E-state index contributed by atoms with van der Waals surface area (Å²) in [6, 6.07) is 0. The van der Waals surface area contributed by atoms with Gasteiger partial charge in [0.1, 0.15) is 0 Å². The van der Waals surface area contributed by atoms with Crippen LogP contribution in [0.4, 0.5) is 0 Å². The molecular weight excluding hydrogens is 154 g/mol. The number of nitrogens with one attached hydrogen (secondary N) is 1. The minimum absolute atomic E-state index is 0.228. The van der Waals surface area contributed by atoms with Crippen LogP contribution < -0.4 is 5.32 Å². The Hall–Kier alpha value is -0.570. The fourth-order valence-electron chi connectivity index (χ4n) is 2.15. The van der Waals surface area contributed by atoms with Crippen LogP contribution in [0.15, 0.2) is 0 Å². The average molecular weight is 169 g/mol. The third kappa shape index (κ3) is 1.61. The van der Waals surface area contributed by atoms with Gasteiger partial charge in [-0.15, -0.1) is 0 Å². The topological polar surface area (TPSA) is 38.3 Å². The molecule has 2 fully saturated rings. The van der Waals surface area contributed by atoms with E-state index in [0.29, 0.717) is 5.92 Å². The zero-order valence-electron chi connectivity index (χ0n) is 7.21. The normalized spacial score (nSPS) is 32.0. The standard InChI is InChI=1S/C9H15NO2/c11-9-5-8(6-10-9)7-1-3-12-4-2-7/h7-8H,1-6H2,(H,10,11)/t8-/m0/s1. The van der Waals surface area contributed by atoms with Crippen LogP contribution in [0, 0.1) is 11.8 Å². The highest BCUT2D eigenvalue weighted by Crippen LogP contribution is 2.28. The van der Waals surface area contributed by atoms with Crippen LogP contribution >= 0.6 is 0 Å². The Balaban J connectivity index is 1.86. The summed E-state index contributed by atoms with van der Waals surface area (Å²) < 4.78 is 5.28. The molecule has 3 heteroatoms. The Bertz CT molecular complexity index is 175. The predicted molar refractivity (Wildman–Crippen MR) is 44.7 cm³/mol. The molecule has 0 spiro atoms. The lowest BCUT2D eigenvalue weighted by atomic mass is 9.85. The van der Waals surface area contributed by atoms with Crippen LogP contribution in [0.2, 0.25) is 0 Å². The monoisotopic (exact) mass is 169 g/mol. The summed E-state index contributed by atoms with van der Waals surface area (Å²) in [5.74, 6) is 1.53. The summed E-state index contributed by atoms with van der Waals surface area (Å²) in [6.07, 6.45) is 3.02. The van der Waals surface area contributed by atoms with Crippen molar-refractivity contribution < 1.29 is 9.53 Å². The van der Waals surface area contributed by atoms with Gasteiger partial charge >= 0.3 is 0 Å². The highest BCUT2D eigenvalue weighted by atomic mass is 16.5. The lowest BCUT2D eigenvalue weighted by molar-refractivity contribution is -0.119. The zero-order valence-corrected chi connectivity index (χ0v) is 7.21. The van der Waals surface area contributed by atoms with E-state index in [9.17, 15) is 4.79 Å². The molecule has 0 saturated carbocycles. The first kappa shape index (κ1) is 8.05. The predicted octanol–water partition coefficient (Wildman–Crippen LogP) is 0.549. The Kier molecular flexibility index (Phi) is 2.30. The molecule has 2 rings (SSSR count). The van der Waals surface area contributed by atoms with Gasteiger partial charge in [0.15, 0.2) is 0 Å². The smallest absolute Gasteiger partial charge is 0.220 e. The van der Waals surface area contributed by atoms with Crippen LogP contribution in [-0.4, -0.2) is 25.7 Å². The molecule has 2 saturated heterocycles. The lowest BCUT2D eigenvalue weighted by Crippen LogP contribution is -2.24. The molecule has 0 bridgehead atoms. The molecule has 12 heavy (non-hydrogen) atoms. The van der Waals surface area contributed by atoms with Gasteiger partial charge in [-0.3, -0.25) is 4.79 Å². The van der Waals surface area contributed by atoms with E-state index >= 15 is 0 Å². The van der Waals surface area contributed by atoms with Crippen molar-refractivity contribution in [2.75, 3.05) is 19.8 Å². The number of carbonyl (C=O) groups excluding carboxylic acids is 1. The van der Waals surface area contributed by atoms with E-state index in [4.69, 9.17) is 4.74 Å². The molecule has 0 radical (unpaired) electrons. The van der Waals surface area contributed by atoms with Crippen LogP contribution in [0.1, 0.15) is 19.3 Å².